The molecule has 5 heteroatoms. The monoisotopic (exact) mass is 314 g/mol. The van der Waals surface area contributed by atoms with Crippen molar-refractivity contribution >= 4 is 17.3 Å². The molecule has 0 spiro atoms. The average molecular weight is 315 g/mol. The fourth-order valence-corrected chi connectivity index (χ4v) is 2.37. The molecule has 0 saturated carbocycles. The molecular weight excluding hydrogens is 288 g/mol. The highest BCUT2D eigenvalue weighted by Crippen LogP contribution is 2.25. The first-order valence-corrected chi connectivity index (χ1v) is 7.94. The predicted octanol–water partition coefficient (Wildman–Crippen LogP) is 2.67. The summed E-state index contributed by atoms with van der Waals surface area (Å²) in [7, 11) is 1.70. The van der Waals surface area contributed by atoms with Gasteiger partial charge in [0.05, 0.1) is 13.2 Å². The van der Waals surface area contributed by atoms with E-state index in [1.165, 1.54) is 5.56 Å². The first-order chi connectivity index (χ1) is 10.2. The zero-order valence-corrected chi connectivity index (χ0v) is 13.8. The van der Waals surface area contributed by atoms with Gasteiger partial charge >= 0.3 is 0 Å². The Morgan fingerprint density at radius 1 is 1.33 bits per heavy atom. The summed E-state index contributed by atoms with van der Waals surface area (Å²) in [6.45, 7) is 6.15. The second-order valence-corrected chi connectivity index (χ2v) is 5.44. The van der Waals surface area contributed by atoms with Crippen molar-refractivity contribution in [3.05, 3.63) is 28.8 Å². The van der Waals surface area contributed by atoms with Gasteiger partial charge in [-0.1, -0.05) is 31.0 Å². The molecule has 120 valence electrons. The molecule has 0 fully saturated rings. The van der Waals surface area contributed by atoms with Gasteiger partial charge in [0, 0.05) is 44.0 Å². The van der Waals surface area contributed by atoms with Crippen molar-refractivity contribution < 1.29 is 9.84 Å². The Labute approximate surface area is 133 Å². The van der Waals surface area contributed by atoms with E-state index in [2.05, 4.69) is 17.1 Å². The normalized spacial score (nSPS) is 10.9. The van der Waals surface area contributed by atoms with E-state index < -0.39 is 0 Å². The largest absolute Gasteiger partial charge is 0.395 e. The quantitative estimate of drug-likeness (QED) is 0.616. The Kier molecular flexibility index (Phi) is 9.42. The van der Waals surface area contributed by atoms with Crippen molar-refractivity contribution in [2.45, 2.75) is 26.3 Å². The van der Waals surface area contributed by atoms with Gasteiger partial charge in [-0.3, -0.25) is 0 Å². The second-order valence-electron chi connectivity index (χ2n) is 5.01. The molecule has 1 rings (SSSR count). The lowest BCUT2D eigenvalue weighted by atomic mass is 10.1. The van der Waals surface area contributed by atoms with Gasteiger partial charge in [-0.15, -0.1) is 0 Å². The molecule has 4 nitrogen and oxygen atoms in total. The standard InChI is InChI=1S/C16H27ClN2O2/c1-3-4-8-19(9-10-20)16-12-15(17)6-5-14(16)13-18-7-11-21-2/h5-6,12,18,20H,3-4,7-11,13H2,1-2H3. The van der Waals surface area contributed by atoms with Gasteiger partial charge in [0.1, 0.15) is 0 Å². The Morgan fingerprint density at radius 2 is 2.14 bits per heavy atom. The van der Waals surface area contributed by atoms with Gasteiger partial charge < -0.3 is 20.1 Å². The molecule has 1 aromatic carbocycles. The van der Waals surface area contributed by atoms with E-state index in [0.29, 0.717) is 13.2 Å². The Hall–Kier alpha value is -0.810. The summed E-state index contributed by atoms with van der Waals surface area (Å²) >= 11 is 6.15. The smallest absolute Gasteiger partial charge is 0.0606 e. The van der Waals surface area contributed by atoms with Gasteiger partial charge in [-0.05, 0) is 24.1 Å². The third-order valence-electron chi connectivity index (χ3n) is 3.34. The van der Waals surface area contributed by atoms with E-state index in [0.717, 1.165) is 43.2 Å². The minimum Gasteiger partial charge on any atom is -0.395 e. The molecule has 0 amide bonds. The van der Waals surface area contributed by atoms with Crippen LogP contribution in [0.15, 0.2) is 18.2 Å². The van der Waals surface area contributed by atoms with E-state index in [-0.39, 0.29) is 6.61 Å². The molecule has 0 aromatic heterocycles. The summed E-state index contributed by atoms with van der Waals surface area (Å²) in [5, 5.41) is 13.4. The number of halogens is 1. The van der Waals surface area contributed by atoms with Crippen LogP contribution in [0.5, 0.6) is 0 Å². The highest BCUT2D eigenvalue weighted by Gasteiger charge is 2.11. The van der Waals surface area contributed by atoms with E-state index in [1.54, 1.807) is 7.11 Å². The molecule has 0 aliphatic carbocycles. The fourth-order valence-electron chi connectivity index (χ4n) is 2.20. The van der Waals surface area contributed by atoms with Crippen molar-refractivity contribution in [1.82, 2.24) is 5.32 Å². The summed E-state index contributed by atoms with van der Waals surface area (Å²) < 4.78 is 5.04. The van der Waals surface area contributed by atoms with E-state index in [9.17, 15) is 5.11 Å². The van der Waals surface area contributed by atoms with E-state index in [1.807, 2.05) is 18.2 Å². The number of hydrogen-bond donors (Lipinski definition) is 2. The third-order valence-corrected chi connectivity index (χ3v) is 3.57. The molecule has 0 aliphatic rings. The summed E-state index contributed by atoms with van der Waals surface area (Å²) in [6, 6.07) is 5.95. The Morgan fingerprint density at radius 3 is 2.81 bits per heavy atom. The molecule has 0 atom stereocenters. The van der Waals surface area contributed by atoms with Crippen LogP contribution < -0.4 is 10.2 Å². The number of nitrogens with zero attached hydrogens (tertiary/aromatic N) is 1. The number of rotatable bonds is 11. The highest BCUT2D eigenvalue weighted by molar-refractivity contribution is 6.30. The minimum absolute atomic E-state index is 0.146. The third kappa shape index (κ3) is 6.66. The maximum atomic E-state index is 9.30. The molecule has 2 N–H and O–H groups in total. The molecule has 0 bridgehead atoms. The molecule has 0 unspecified atom stereocenters. The number of anilines is 1. The average Bonchev–Trinajstić information content (AvgIpc) is 2.49. The van der Waals surface area contributed by atoms with Gasteiger partial charge in [-0.2, -0.15) is 0 Å². The van der Waals surface area contributed by atoms with Crippen LogP contribution in [-0.2, 0) is 11.3 Å². The molecule has 0 aliphatic heterocycles. The first-order valence-electron chi connectivity index (χ1n) is 7.56. The van der Waals surface area contributed by atoms with Crippen molar-refractivity contribution in [2.75, 3.05) is 44.9 Å². The van der Waals surface area contributed by atoms with Gasteiger partial charge in [0.25, 0.3) is 0 Å². The maximum Gasteiger partial charge on any atom is 0.0606 e. The van der Waals surface area contributed by atoms with Gasteiger partial charge in [0.2, 0.25) is 0 Å². The van der Waals surface area contributed by atoms with Crippen molar-refractivity contribution in [1.29, 1.82) is 0 Å². The number of nitrogens with one attached hydrogen (secondary N) is 1. The number of hydrogen-bond acceptors (Lipinski definition) is 4. The van der Waals surface area contributed by atoms with Gasteiger partial charge in [0.15, 0.2) is 0 Å². The van der Waals surface area contributed by atoms with Crippen LogP contribution in [0, 0.1) is 0 Å². The Bertz CT molecular complexity index is 402. The molecular formula is C16H27ClN2O2. The number of benzene rings is 1. The van der Waals surface area contributed by atoms with Crippen molar-refractivity contribution in [3.8, 4) is 0 Å². The van der Waals surface area contributed by atoms with Crippen molar-refractivity contribution in [2.24, 2.45) is 0 Å². The van der Waals surface area contributed by atoms with Crippen LogP contribution in [0.4, 0.5) is 5.69 Å². The summed E-state index contributed by atoms with van der Waals surface area (Å²) in [5.74, 6) is 0. The number of aliphatic hydroxyl groups is 1. The number of methoxy groups -OCH3 is 1. The van der Waals surface area contributed by atoms with Gasteiger partial charge in [-0.25, -0.2) is 0 Å². The predicted molar refractivity (Wildman–Crippen MR) is 89.2 cm³/mol. The molecule has 1 aromatic rings. The zero-order chi connectivity index (χ0) is 15.5. The lowest BCUT2D eigenvalue weighted by Gasteiger charge is -2.27. The van der Waals surface area contributed by atoms with Crippen LogP contribution in [-0.4, -0.2) is 45.1 Å². The minimum atomic E-state index is 0.146. The maximum absolute atomic E-state index is 9.30. The second kappa shape index (κ2) is 10.9. The Balaban J connectivity index is 2.81. The number of aliphatic hydroxyl groups excluding tert-OH is 1. The fraction of sp³-hybridized carbons (Fsp3) is 0.625. The lowest BCUT2D eigenvalue weighted by molar-refractivity contribution is 0.199. The van der Waals surface area contributed by atoms with Crippen LogP contribution >= 0.6 is 11.6 Å². The number of unbranched alkanes of at least 4 members (excludes halogenated alkanes) is 1. The summed E-state index contributed by atoms with van der Waals surface area (Å²) in [5.41, 5.74) is 2.30. The van der Waals surface area contributed by atoms with Crippen LogP contribution in [0.3, 0.4) is 0 Å². The molecule has 0 radical (unpaired) electrons. The van der Waals surface area contributed by atoms with Crippen molar-refractivity contribution in [3.63, 3.8) is 0 Å². The number of ether oxygens (including phenoxy) is 1. The SMILES string of the molecule is CCCCN(CCO)c1cc(Cl)ccc1CNCCOC. The zero-order valence-electron chi connectivity index (χ0n) is 13.1. The highest BCUT2D eigenvalue weighted by atomic mass is 35.5. The first kappa shape index (κ1) is 18.2. The summed E-state index contributed by atoms with van der Waals surface area (Å²) in [4.78, 5) is 2.21. The van der Waals surface area contributed by atoms with E-state index >= 15 is 0 Å². The van der Waals surface area contributed by atoms with E-state index in [4.69, 9.17) is 16.3 Å². The summed E-state index contributed by atoms with van der Waals surface area (Å²) in [6.07, 6.45) is 2.23. The van der Waals surface area contributed by atoms with Crippen LogP contribution in [0.1, 0.15) is 25.3 Å². The van der Waals surface area contributed by atoms with Crippen LogP contribution in [0.25, 0.3) is 0 Å². The molecule has 0 heterocycles. The molecule has 21 heavy (non-hydrogen) atoms. The molecule has 0 saturated heterocycles. The topological polar surface area (TPSA) is 44.7 Å². The lowest BCUT2D eigenvalue weighted by Crippen LogP contribution is -2.29. The van der Waals surface area contributed by atoms with Crippen LogP contribution in [0.2, 0.25) is 5.02 Å².